The van der Waals surface area contributed by atoms with Gasteiger partial charge in [0, 0.05) is 37.0 Å². The zero-order valence-corrected chi connectivity index (χ0v) is 16.6. The summed E-state index contributed by atoms with van der Waals surface area (Å²) in [5, 5.41) is 4.21. The molecule has 1 fully saturated rings. The van der Waals surface area contributed by atoms with Crippen LogP contribution in [-0.4, -0.2) is 42.0 Å². The summed E-state index contributed by atoms with van der Waals surface area (Å²) >= 11 is 0. The van der Waals surface area contributed by atoms with Gasteiger partial charge >= 0.3 is 0 Å². The maximum atomic E-state index is 12.6. The molecule has 5 nitrogen and oxygen atoms in total. The van der Waals surface area contributed by atoms with Crippen LogP contribution >= 0.6 is 0 Å². The number of aromatic amines is 1. The number of carbonyl (C=O) groups is 1. The van der Waals surface area contributed by atoms with Gasteiger partial charge in [-0.15, -0.1) is 0 Å². The van der Waals surface area contributed by atoms with Crippen LogP contribution in [0.2, 0.25) is 0 Å². The molecule has 3 heterocycles. The van der Waals surface area contributed by atoms with Gasteiger partial charge in [0.25, 0.3) is 5.91 Å². The number of hydrogen-bond donors (Lipinski definition) is 2. The number of para-hydroxylation sites is 1. The van der Waals surface area contributed by atoms with Crippen molar-refractivity contribution < 1.29 is 9.53 Å². The Bertz CT molecular complexity index is 993. The average Bonchev–Trinajstić information content (AvgIpc) is 3.38. The highest BCUT2D eigenvalue weighted by atomic mass is 16.5. The minimum atomic E-state index is -0.0167. The van der Waals surface area contributed by atoms with Crippen LogP contribution in [0.15, 0.2) is 48.5 Å². The number of carbonyl (C=O) groups excluding carboxylic acids is 1. The summed E-state index contributed by atoms with van der Waals surface area (Å²) in [6.07, 6.45) is 3.37. The number of amides is 1. The average molecular weight is 389 g/mol. The molecule has 0 radical (unpaired) electrons. The number of benzene rings is 2. The highest BCUT2D eigenvalue weighted by Crippen LogP contribution is 2.27. The molecule has 2 aromatic carbocycles. The van der Waals surface area contributed by atoms with Crippen molar-refractivity contribution in [2.75, 3.05) is 26.2 Å². The fourth-order valence-corrected chi connectivity index (χ4v) is 4.59. The molecule has 1 atom stereocenters. The Morgan fingerprint density at radius 3 is 3.07 bits per heavy atom. The summed E-state index contributed by atoms with van der Waals surface area (Å²) in [5.74, 6) is 1.52. The normalized spacial score (nSPS) is 19.1. The third kappa shape index (κ3) is 4.01. The molecule has 1 amide bonds. The smallest absolute Gasteiger partial charge is 0.267 e. The molecule has 1 aromatic heterocycles. The van der Waals surface area contributed by atoms with Gasteiger partial charge in [-0.05, 0) is 54.6 Å². The maximum absolute atomic E-state index is 12.6. The summed E-state index contributed by atoms with van der Waals surface area (Å²) in [6, 6.07) is 16.5. The van der Waals surface area contributed by atoms with E-state index in [1.807, 2.05) is 30.3 Å². The van der Waals surface area contributed by atoms with E-state index in [2.05, 4.69) is 33.4 Å². The van der Waals surface area contributed by atoms with E-state index in [-0.39, 0.29) is 5.91 Å². The van der Waals surface area contributed by atoms with E-state index in [4.69, 9.17) is 4.74 Å². The van der Waals surface area contributed by atoms with E-state index >= 15 is 0 Å². The fourth-order valence-electron chi connectivity index (χ4n) is 4.59. The van der Waals surface area contributed by atoms with Crippen LogP contribution in [0, 0.1) is 5.92 Å². The number of piperidine rings is 1. The minimum absolute atomic E-state index is 0.0167. The Balaban J connectivity index is 1.16. The number of nitrogens with zero attached hydrogens (tertiary/aromatic N) is 1. The van der Waals surface area contributed by atoms with Gasteiger partial charge in [0.05, 0.1) is 6.61 Å². The second-order valence-corrected chi connectivity index (χ2v) is 8.26. The van der Waals surface area contributed by atoms with Gasteiger partial charge in [0.1, 0.15) is 11.4 Å². The van der Waals surface area contributed by atoms with Crippen molar-refractivity contribution in [2.45, 2.75) is 25.8 Å². The molecule has 1 unspecified atom stereocenters. The van der Waals surface area contributed by atoms with E-state index in [1.54, 1.807) is 0 Å². The Morgan fingerprint density at radius 1 is 1.21 bits per heavy atom. The van der Waals surface area contributed by atoms with Crippen LogP contribution in [-0.2, 0) is 13.0 Å². The highest BCUT2D eigenvalue weighted by Gasteiger charge is 2.22. The van der Waals surface area contributed by atoms with Gasteiger partial charge in [0.15, 0.2) is 0 Å². The second kappa shape index (κ2) is 7.91. The van der Waals surface area contributed by atoms with Gasteiger partial charge in [-0.2, -0.15) is 0 Å². The lowest BCUT2D eigenvalue weighted by Crippen LogP contribution is -2.40. The predicted molar refractivity (Wildman–Crippen MR) is 114 cm³/mol. The maximum Gasteiger partial charge on any atom is 0.267 e. The van der Waals surface area contributed by atoms with E-state index in [0.717, 1.165) is 55.9 Å². The fraction of sp³-hybridized carbons (Fsp3) is 0.375. The molecule has 5 rings (SSSR count). The third-order valence-corrected chi connectivity index (χ3v) is 6.09. The van der Waals surface area contributed by atoms with Crippen molar-refractivity contribution in [1.29, 1.82) is 0 Å². The van der Waals surface area contributed by atoms with E-state index in [0.29, 0.717) is 11.6 Å². The monoisotopic (exact) mass is 389 g/mol. The molecule has 0 saturated carbocycles. The van der Waals surface area contributed by atoms with Crippen LogP contribution in [0.25, 0.3) is 10.9 Å². The standard InChI is InChI=1S/C24H27N3O2/c28-24(22-13-19-5-1-2-6-21(19)26-22)25-14-18-4-3-10-27(16-18)15-17-7-8-23-20(12-17)9-11-29-23/h1-2,5-8,12-13,18,26H,3-4,9-11,14-16H2,(H,25,28). The SMILES string of the molecule is O=C(NCC1CCCN(Cc2ccc3c(c2)CCO3)C1)c1cc2ccccc2[nH]1. The Labute approximate surface area is 171 Å². The first kappa shape index (κ1) is 18.3. The van der Waals surface area contributed by atoms with Gasteiger partial charge in [0.2, 0.25) is 0 Å². The lowest BCUT2D eigenvalue weighted by atomic mass is 9.97. The second-order valence-electron chi connectivity index (χ2n) is 8.26. The number of hydrogen-bond acceptors (Lipinski definition) is 3. The van der Waals surface area contributed by atoms with Crippen molar-refractivity contribution in [3.63, 3.8) is 0 Å². The van der Waals surface area contributed by atoms with Crippen LogP contribution in [0.5, 0.6) is 5.75 Å². The van der Waals surface area contributed by atoms with Crippen LogP contribution < -0.4 is 10.1 Å². The summed E-state index contributed by atoms with van der Waals surface area (Å²) in [7, 11) is 0. The molecule has 3 aromatic rings. The van der Waals surface area contributed by atoms with Crippen LogP contribution in [0.4, 0.5) is 0 Å². The number of H-pyrrole nitrogens is 1. The first-order valence-electron chi connectivity index (χ1n) is 10.6. The third-order valence-electron chi connectivity index (χ3n) is 6.09. The zero-order chi connectivity index (χ0) is 19.6. The number of rotatable bonds is 5. The number of aromatic nitrogens is 1. The van der Waals surface area contributed by atoms with E-state index < -0.39 is 0 Å². The number of nitrogens with one attached hydrogen (secondary N) is 2. The lowest BCUT2D eigenvalue weighted by Gasteiger charge is -2.33. The van der Waals surface area contributed by atoms with Crippen molar-refractivity contribution in [1.82, 2.24) is 15.2 Å². The largest absolute Gasteiger partial charge is 0.493 e. The predicted octanol–water partition coefficient (Wildman–Crippen LogP) is 3.74. The molecule has 2 aliphatic heterocycles. The molecule has 5 heteroatoms. The number of likely N-dealkylation sites (tertiary alicyclic amines) is 1. The Hall–Kier alpha value is -2.79. The minimum Gasteiger partial charge on any atom is -0.493 e. The summed E-state index contributed by atoms with van der Waals surface area (Å²) in [4.78, 5) is 18.3. The molecule has 29 heavy (non-hydrogen) atoms. The van der Waals surface area contributed by atoms with Crippen molar-refractivity contribution in [2.24, 2.45) is 5.92 Å². The molecule has 0 aliphatic carbocycles. The van der Waals surface area contributed by atoms with Gasteiger partial charge in [-0.3, -0.25) is 9.69 Å². The first-order valence-corrected chi connectivity index (χ1v) is 10.6. The topological polar surface area (TPSA) is 57.4 Å². The van der Waals surface area contributed by atoms with E-state index in [1.165, 1.54) is 24.0 Å². The van der Waals surface area contributed by atoms with Gasteiger partial charge in [-0.25, -0.2) is 0 Å². The molecular formula is C24H27N3O2. The van der Waals surface area contributed by atoms with E-state index in [9.17, 15) is 4.79 Å². The molecule has 1 saturated heterocycles. The molecule has 2 N–H and O–H groups in total. The quantitative estimate of drug-likeness (QED) is 0.699. The number of ether oxygens (including phenoxy) is 1. The van der Waals surface area contributed by atoms with Gasteiger partial charge in [-0.1, -0.05) is 30.3 Å². The summed E-state index contributed by atoms with van der Waals surface area (Å²) < 4.78 is 5.61. The molecule has 0 bridgehead atoms. The first-order chi connectivity index (χ1) is 14.2. The highest BCUT2D eigenvalue weighted by molar-refractivity contribution is 5.97. The molecule has 150 valence electrons. The van der Waals surface area contributed by atoms with Crippen molar-refractivity contribution >= 4 is 16.8 Å². The Kier molecular flexibility index (Phi) is 4.98. The van der Waals surface area contributed by atoms with Crippen molar-refractivity contribution in [3.8, 4) is 5.75 Å². The summed E-state index contributed by atoms with van der Waals surface area (Å²) in [6.45, 7) is 4.66. The zero-order valence-electron chi connectivity index (χ0n) is 16.6. The molecule has 2 aliphatic rings. The van der Waals surface area contributed by atoms with Crippen LogP contribution in [0.1, 0.15) is 34.5 Å². The Morgan fingerprint density at radius 2 is 2.14 bits per heavy atom. The van der Waals surface area contributed by atoms with Gasteiger partial charge < -0.3 is 15.0 Å². The molecular weight excluding hydrogens is 362 g/mol. The summed E-state index contributed by atoms with van der Waals surface area (Å²) in [5.41, 5.74) is 4.33. The molecule has 0 spiro atoms. The number of fused-ring (bicyclic) bond motifs is 2. The van der Waals surface area contributed by atoms with Crippen LogP contribution in [0.3, 0.4) is 0 Å². The lowest BCUT2D eigenvalue weighted by molar-refractivity contribution is 0.0926. The van der Waals surface area contributed by atoms with Crippen molar-refractivity contribution in [3.05, 3.63) is 65.4 Å².